The van der Waals surface area contributed by atoms with Gasteiger partial charge in [0.15, 0.2) is 11.2 Å². The molecule has 6 nitrogen and oxygen atoms in total. The lowest BCUT2D eigenvalue weighted by atomic mass is 10.1. The number of furan rings is 1. The summed E-state index contributed by atoms with van der Waals surface area (Å²) in [4.78, 5) is 11.6. The third-order valence-corrected chi connectivity index (χ3v) is 3.04. The Bertz CT molecular complexity index is 842. The van der Waals surface area contributed by atoms with Gasteiger partial charge >= 0.3 is 5.63 Å². The van der Waals surface area contributed by atoms with Crippen molar-refractivity contribution in [2.75, 3.05) is 21.3 Å². The Hall–Kier alpha value is -2.63. The minimum atomic E-state index is -0.523. The van der Waals surface area contributed by atoms with Crippen LogP contribution < -0.4 is 19.8 Å². The Balaban J connectivity index is 2.52. The summed E-state index contributed by atoms with van der Waals surface area (Å²) in [6, 6.07) is 4.80. The molecule has 0 spiro atoms. The number of benzene rings is 1. The van der Waals surface area contributed by atoms with Crippen LogP contribution in [0.2, 0.25) is 0 Å². The molecule has 2 aromatic heterocycles. The summed E-state index contributed by atoms with van der Waals surface area (Å²) in [5.41, 5.74) is 0.208. The van der Waals surface area contributed by atoms with Gasteiger partial charge in [0.1, 0.15) is 5.75 Å². The van der Waals surface area contributed by atoms with Gasteiger partial charge in [-0.05, 0) is 6.07 Å². The molecule has 0 saturated carbocycles. The number of rotatable bonds is 3. The van der Waals surface area contributed by atoms with Gasteiger partial charge < -0.3 is 23.0 Å². The topological polar surface area (TPSA) is 71.0 Å². The Kier molecular flexibility index (Phi) is 2.78. The van der Waals surface area contributed by atoms with Crippen LogP contribution in [0.25, 0.3) is 21.9 Å². The van der Waals surface area contributed by atoms with E-state index in [1.165, 1.54) is 27.4 Å². The van der Waals surface area contributed by atoms with Crippen LogP contribution in [0.15, 0.2) is 31.8 Å². The molecule has 3 aromatic rings. The lowest BCUT2D eigenvalue weighted by Crippen LogP contribution is -2.00. The van der Waals surface area contributed by atoms with E-state index in [-0.39, 0.29) is 5.58 Å². The molecule has 0 N–H and O–H groups in total. The third-order valence-electron chi connectivity index (χ3n) is 3.04. The summed E-state index contributed by atoms with van der Waals surface area (Å²) in [5.74, 6) is 1.09. The van der Waals surface area contributed by atoms with Gasteiger partial charge in [-0.15, -0.1) is 0 Å². The van der Waals surface area contributed by atoms with E-state index in [4.69, 9.17) is 23.0 Å². The first-order chi connectivity index (χ1) is 9.67. The Morgan fingerprint density at radius 3 is 2.35 bits per heavy atom. The molecular weight excluding hydrogens is 264 g/mol. The Morgan fingerprint density at radius 1 is 0.900 bits per heavy atom. The van der Waals surface area contributed by atoms with Crippen molar-refractivity contribution in [2.24, 2.45) is 0 Å². The van der Waals surface area contributed by atoms with Crippen LogP contribution in [0.3, 0.4) is 0 Å². The molecule has 2 heterocycles. The second-order valence-electron chi connectivity index (χ2n) is 4.11. The highest BCUT2D eigenvalue weighted by Gasteiger charge is 2.19. The molecule has 1 aromatic carbocycles. The molecule has 6 heteroatoms. The minimum absolute atomic E-state index is 0.279. The number of hydrogen-bond acceptors (Lipinski definition) is 6. The normalized spacial score (nSPS) is 10.9. The third kappa shape index (κ3) is 1.69. The molecule has 0 amide bonds. The van der Waals surface area contributed by atoms with Gasteiger partial charge in [-0.1, -0.05) is 0 Å². The molecular formula is C14H12O6. The van der Waals surface area contributed by atoms with Gasteiger partial charge in [-0.3, -0.25) is 0 Å². The van der Waals surface area contributed by atoms with Gasteiger partial charge in [0.25, 0.3) is 5.95 Å². The summed E-state index contributed by atoms with van der Waals surface area (Å²) in [5, 5.41) is 1.39. The van der Waals surface area contributed by atoms with Crippen LogP contribution in [0.5, 0.6) is 17.4 Å². The standard InChI is InChI=1S/C14H12O6/c1-16-9-6-10(15)19-13-8(9)4-7-5-11(17-2)20-12(7)14(13)18-3/h4-6H,1-3H3. The fourth-order valence-electron chi connectivity index (χ4n) is 2.17. The molecule has 0 fully saturated rings. The first-order valence-corrected chi connectivity index (χ1v) is 5.84. The van der Waals surface area contributed by atoms with Crippen molar-refractivity contribution >= 4 is 21.9 Å². The maximum Gasteiger partial charge on any atom is 0.340 e. The highest BCUT2D eigenvalue weighted by atomic mass is 16.6. The van der Waals surface area contributed by atoms with Gasteiger partial charge in [0.05, 0.1) is 32.8 Å². The van der Waals surface area contributed by atoms with Crippen molar-refractivity contribution in [1.29, 1.82) is 0 Å². The van der Waals surface area contributed by atoms with E-state index in [2.05, 4.69) is 0 Å². The van der Waals surface area contributed by atoms with Crippen LogP contribution in [-0.2, 0) is 0 Å². The number of fused-ring (bicyclic) bond motifs is 2. The molecule has 0 unspecified atom stereocenters. The van der Waals surface area contributed by atoms with Crippen molar-refractivity contribution in [1.82, 2.24) is 0 Å². The smallest absolute Gasteiger partial charge is 0.340 e. The van der Waals surface area contributed by atoms with Gasteiger partial charge in [-0.25, -0.2) is 4.79 Å². The van der Waals surface area contributed by atoms with E-state index in [1.54, 1.807) is 12.1 Å². The quantitative estimate of drug-likeness (QED) is 0.685. The second kappa shape index (κ2) is 4.48. The summed E-state index contributed by atoms with van der Waals surface area (Å²) < 4.78 is 26.3. The zero-order valence-corrected chi connectivity index (χ0v) is 11.2. The Morgan fingerprint density at radius 2 is 1.70 bits per heavy atom. The first kappa shape index (κ1) is 12.4. The van der Waals surface area contributed by atoms with E-state index in [0.717, 1.165) is 5.39 Å². The lowest BCUT2D eigenvalue weighted by Gasteiger charge is -2.07. The minimum Gasteiger partial charge on any atom is -0.496 e. The van der Waals surface area contributed by atoms with E-state index in [0.29, 0.717) is 28.4 Å². The van der Waals surface area contributed by atoms with Crippen molar-refractivity contribution in [2.45, 2.75) is 0 Å². The second-order valence-corrected chi connectivity index (χ2v) is 4.11. The summed E-state index contributed by atoms with van der Waals surface area (Å²) in [7, 11) is 4.47. The summed E-state index contributed by atoms with van der Waals surface area (Å²) in [6.07, 6.45) is 0. The number of ether oxygens (including phenoxy) is 3. The monoisotopic (exact) mass is 276 g/mol. The highest BCUT2D eigenvalue weighted by Crippen LogP contribution is 2.40. The van der Waals surface area contributed by atoms with Crippen LogP contribution in [-0.4, -0.2) is 21.3 Å². The van der Waals surface area contributed by atoms with Gasteiger partial charge in [0.2, 0.25) is 5.75 Å². The van der Waals surface area contributed by atoms with Gasteiger partial charge in [-0.2, -0.15) is 0 Å². The van der Waals surface area contributed by atoms with Crippen molar-refractivity contribution in [3.05, 3.63) is 28.6 Å². The highest BCUT2D eigenvalue weighted by molar-refractivity contribution is 6.02. The average molecular weight is 276 g/mol. The Labute approximate surface area is 113 Å². The summed E-state index contributed by atoms with van der Waals surface area (Å²) >= 11 is 0. The molecule has 20 heavy (non-hydrogen) atoms. The average Bonchev–Trinajstić information content (AvgIpc) is 2.86. The first-order valence-electron chi connectivity index (χ1n) is 5.84. The fourth-order valence-corrected chi connectivity index (χ4v) is 2.17. The molecule has 3 rings (SSSR count). The fraction of sp³-hybridized carbons (Fsp3) is 0.214. The van der Waals surface area contributed by atoms with Crippen molar-refractivity contribution in [3.8, 4) is 17.4 Å². The molecule has 0 aliphatic heterocycles. The van der Waals surface area contributed by atoms with E-state index in [9.17, 15) is 4.79 Å². The van der Waals surface area contributed by atoms with Crippen LogP contribution in [0.1, 0.15) is 0 Å². The molecule has 0 saturated heterocycles. The zero-order valence-electron chi connectivity index (χ0n) is 11.2. The molecule has 0 aliphatic carbocycles. The van der Waals surface area contributed by atoms with Crippen molar-refractivity contribution < 1.29 is 23.0 Å². The number of methoxy groups -OCH3 is 3. The van der Waals surface area contributed by atoms with Crippen LogP contribution in [0, 0.1) is 0 Å². The van der Waals surface area contributed by atoms with E-state index >= 15 is 0 Å². The largest absolute Gasteiger partial charge is 0.496 e. The number of hydrogen-bond donors (Lipinski definition) is 0. The summed E-state index contributed by atoms with van der Waals surface area (Å²) in [6.45, 7) is 0. The molecule has 104 valence electrons. The predicted molar refractivity (Wildman–Crippen MR) is 71.9 cm³/mol. The molecule has 0 atom stereocenters. The SMILES string of the molecule is COc1cc2cc3c(OC)cc(=O)oc3c(OC)c2o1. The van der Waals surface area contributed by atoms with Crippen LogP contribution in [0.4, 0.5) is 0 Å². The molecule has 0 aliphatic rings. The predicted octanol–water partition coefficient (Wildman–Crippen LogP) is 2.57. The lowest BCUT2D eigenvalue weighted by molar-refractivity contribution is 0.311. The maximum absolute atomic E-state index is 11.6. The molecule has 0 radical (unpaired) electrons. The molecule has 0 bridgehead atoms. The van der Waals surface area contributed by atoms with E-state index < -0.39 is 5.63 Å². The van der Waals surface area contributed by atoms with E-state index in [1.807, 2.05) is 0 Å². The van der Waals surface area contributed by atoms with Crippen molar-refractivity contribution in [3.63, 3.8) is 0 Å². The maximum atomic E-state index is 11.6. The zero-order chi connectivity index (χ0) is 14.3. The van der Waals surface area contributed by atoms with Crippen LogP contribution >= 0.6 is 0 Å². The van der Waals surface area contributed by atoms with Gasteiger partial charge in [0, 0.05) is 11.5 Å².